The summed E-state index contributed by atoms with van der Waals surface area (Å²) < 4.78 is 0. The van der Waals surface area contributed by atoms with E-state index in [2.05, 4.69) is 22.2 Å². The van der Waals surface area contributed by atoms with Crippen molar-refractivity contribution in [2.75, 3.05) is 24.2 Å². The van der Waals surface area contributed by atoms with Gasteiger partial charge < -0.3 is 16.2 Å². The fourth-order valence-electron chi connectivity index (χ4n) is 1.35. The van der Waals surface area contributed by atoms with E-state index in [1.807, 2.05) is 0 Å². The summed E-state index contributed by atoms with van der Waals surface area (Å²) in [7, 11) is 0. The van der Waals surface area contributed by atoms with E-state index in [1.54, 1.807) is 6.07 Å². The van der Waals surface area contributed by atoms with Gasteiger partial charge in [0.05, 0.1) is 0 Å². The number of anilines is 2. The van der Waals surface area contributed by atoms with Gasteiger partial charge in [-0.1, -0.05) is 13.3 Å². The van der Waals surface area contributed by atoms with Crippen LogP contribution in [0.25, 0.3) is 0 Å². The molecule has 0 aromatic carbocycles. The van der Waals surface area contributed by atoms with Crippen molar-refractivity contribution in [1.29, 1.82) is 0 Å². The van der Waals surface area contributed by atoms with Crippen molar-refractivity contribution in [3.63, 3.8) is 0 Å². The second-order valence-electron chi connectivity index (χ2n) is 3.50. The van der Waals surface area contributed by atoms with Crippen LogP contribution in [0.2, 0.25) is 0 Å². The van der Waals surface area contributed by atoms with Crippen molar-refractivity contribution in [3.05, 3.63) is 12.4 Å². The predicted octanol–water partition coefficient (Wildman–Crippen LogP) is 0.879. The third-order valence-corrected chi connectivity index (χ3v) is 2.37. The van der Waals surface area contributed by atoms with Crippen LogP contribution in [0.5, 0.6) is 0 Å². The molecule has 0 saturated carbocycles. The largest absolute Gasteiger partial charge is 0.396 e. The molecule has 0 amide bonds. The zero-order valence-corrected chi connectivity index (χ0v) is 8.98. The summed E-state index contributed by atoms with van der Waals surface area (Å²) in [6.07, 6.45) is 3.28. The number of aliphatic hydroxyl groups is 1. The fourth-order valence-corrected chi connectivity index (χ4v) is 1.35. The summed E-state index contributed by atoms with van der Waals surface area (Å²) in [4.78, 5) is 7.85. The Kier molecular flexibility index (Phi) is 4.83. The first-order chi connectivity index (χ1) is 7.26. The molecule has 0 aliphatic carbocycles. The second-order valence-corrected chi connectivity index (χ2v) is 3.50. The predicted molar refractivity (Wildman–Crippen MR) is 60.4 cm³/mol. The van der Waals surface area contributed by atoms with Crippen molar-refractivity contribution >= 4 is 11.6 Å². The van der Waals surface area contributed by atoms with E-state index in [0.29, 0.717) is 11.7 Å². The molecule has 1 aromatic heterocycles. The van der Waals surface area contributed by atoms with E-state index in [4.69, 9.17) is 10.8 Å². The molecule has 4 N–H and O–H groups in total. The summed E-state index contributed by atoms with van der Waals surface area (Å²) in [6, 6.07) is 1.70. The maximum absolute atomic E-state index is 8.84. The van der Waals surface area contributed by atoms with Gasteiger partial charge >= 0.3 is 0 Å². The first-order valence-corrected chi connectivity index (χ1v) is 5.18. The number of aliphatic hydroxyl groups excluding tert-OH is 1. The zero-order valence-electron chi connectivity index (χ0n) is 8.98. The molecule has 0 radical (unpaired) electrons. The molecule has 0 spiro atoms. The summed E-state index contributed by atoms with van der Waals surface area (Å²) >= 11 is 0. The maximum atomic E-state index is 8.84. The Morgan fingerprint density at radius 1 is 1.53 bits per heavy atom. The fraction of sp³-hybridized carbons (Fsp3) is 0.600. The lowest BCUT2D eigenvalue weighted by Gasteiger charge is -2.14. The van der Waals surface area contributed by atoms with E-state index in [-0.39, 0.29) is 6.61 Å². The van der Waals surface area contributed by atoms with Crippen LogP contribution in [-0.4, -0.2) is 28.2 Å². The van der Waals surface area contributed by atoms with Gasteiger partial charge in [-0.15, -0.1) is 0 Å². The molecular weight excluding hydrogens is 192 g/mol. The van der Waals surface area contributed by atoms with Gasteiger partial charge in [0.2, 0.25) is 0 Å². The van der Waals surface area contributed by atoms with Gasteiger partial charge in [-0.25, -0.2) is 9.97 Å². The van der Waals surface area contributed by atoms with Crippen LogP contribution in [0.4, 0.5) is 11.6 Å². The Morgan fingerprint density at radius 3 is 2.93 bits per heavy atom. The lowest BCUT2D eigenvalue weighted by atomic mass is 10.0. The molecule has 0 saturated heterocycles. The van der Waals surface area contributed by atoms with Gasteiger partial charge in [0.15, 0.2) is 0 Å². The molecular formula is C10H18N4O. The normalized spacial score (nSPS) is 12.4. The van der Waals surface area contributed by atoms with Crippen LogP contribution in [0.3, 0.4) is 0 Å². The van der Waals surface area contributed by atoms with E-state index >= 15 is 0 Å². The molecule has 1 aromatic rings. The smallest absolute Gasteiger partial charge is 0.131 e. The molecule has 0 bridgehead atoms. The van der Waals surface area contributed by atoms with Gasteiger partial charge in [-0.2, -0.15) is 0 Å². The first kappa shape index (κ1) is 11.7. The third kappa shape index (κ3) is 4.12. The molecule has 1 atom stereocenters. The molecule has 84 valence electrons. The van der Waals surface area contributed by atoms with Crippen molar-refractivity contribution in [2.24, 2.45) is 5.92 Å². The van der Waals surface area contributed by atoms with Crippen LogP contribution in [0, 0.1) is 5.92 Å². The number of rotatable bonds is 6. The summed E-state index contributed by atoms with van der Waals surface area (Å²) in [5.41, 5.74) is 5.53. The molecule has 5 nitrogen and oxygen atoms in total. The summed E-state index contributed by atoms with van der Waals surface area (Å²) in [6.45, 7) is 3.13. The van der Waals surface area contributed by atoms with Gasteiger partial charge in [-0.3, -0.25) is 0 Å². The monoisotopic (exact) mass is 210 g/mol. The van der Waals surface area contributed by atoms with Crippen molar-refractivity contribution < 1.29 is 5.11 Å². The second kappa shape index (κ2) is 6.19. The number of nitrogens with two attached hydrogens (primary N) is 1. The van der Waals surface area contributed by atoms with E-state index in [9.17, 15) is 0 Å². The Balaban J connectivity index is 2.41. The van der Waals surface area contributed by atoms with Gasteiger partial charge in [0, 0.05) is 19.2 Å². The summed E-state index contributed by atoms with van der Waals surface area (Å²) in [5.74, 6) is 1.66. The topological polar surface area (TPSA) is 84.1 Å². The van der Waals surface area contributed by atoms with Crippen LogP contribution >= 0.6 is 0 Å². The molecule has 0 fully saturated rings. The number of aromatic nitrogens is 2. The quantitative estimate of drug-likeness (QED) is 0.649. The SMILES string of the molecule is CCC(CCO)CNc1cc(N)ncn1. The number of nitrogens with zero attached hydrogens (tertiary/aromatic N) is 2. The molecule has 5 heteroatoms. The summed E-state index contributed by atoms with van der Waals surface area (Å²) in [5, 5.41) is 12.0. The van der Waals surface area contributed by atoms with E-state index in [0.717, 1.165) is 25.2 Å². The number of hydrogen-bond donors (Lipinski definition) is 3. The zero-order chi connectivity index (χ0) is 11.1. The molecule has 15 heavy (non-hydrogen) atoms. The van der Waals surface area contributed by atoms with Crippen LogP contribution < -0.4 is 11.1 Å². The lowest BCUT2D eigenvalue weighted by Crippen LogP contribution is -2.15. The number of nitrogen functional groups attached to an aromatic ring is 1. The average Bonchev–Trinajstić information content (AvgIpc) is 2.24. The third-order valence-electron chi connectivity index (χ3n) is 2.37. The highest BCUT2D eigenvalue weighted by molar-refractivity contribution is 5.43. The number of nitrogens with one attached hydrogen (secondary N) is 1. The maximum Gasteiger partial charge on any atom is 0.131 e. The van der Waals surface area contributed by atoms with Crippen LogP contribution in [0.1, 0.15) is 19.8 Å². The van der Waals surface area contributed by atoms with Crippen LogP contribution in [0.15, 0.2) is 12.4 Å². The standard InChI is InChI=1S/C10H18N4O/c1-2-8(3-4-15)6-12-10-5-9(11)13-7-14-10/h5,7-8,15H,2-4,6H2,1H3,(H3,11,12,13,14). The highest BCUT2D eigenvalue weighted by Crippen LogP contribution is 2.10. The van der Waals surface area contributed by atoms with Crippen molar-refractivity contribution in [2.45, 2.75) is 19.8 Å². The van der Waals surface area contributed by atoms with Gasteiger partial charge in [0.25, 0.3) is 0 Å². The minimum Gasteiger partial charge on any atom is -0.396 e. The minimum atomic E-state index is 0.228. The van der Waals surface area contributed by atoms with Gasteiger partial charge in [0.1, 0.15) is 18.0 Å². The van der Waals surface area contributed by atoms with Crippen LogP contribution in [-0.2, 0) is 0 Å². The Morgan fingerprint density at radius 2 is 2.33 bits per heavy atom. The first-order valence-electron chi connectivity index (χ1n) is 5.18. The minimum absolute atomic E-state index is 0.228. The Bertz CT molecular complexity index is 293. The molecule has 1 heterocycles. The molecule has 1 unspecified atom stereocenters. The molecule has 0 aliphatic heterocycles. The van der Waals surface area contributed by atoms with E-state index < -0.39 is 0 Å². The van der Waals surface area contributed by atoms with Gasteiger partial charge in [-0.05, 0) is 12.3 Å². The van der Waals surface area contributed by atoms with E-state index in [1.165, 1.54) is 6.33 Å². The Labute approximate surface area is 89.7 Å². The highest BCUT2D eigenvalue weighted by Gasteiger charge is 2.05. The molecule has 1 rings (SSSR count). The number of hydrogen-bond acceptors (Lipinski definition) is 5. The average molecular weight is 210 g/mol. The van der Waals surface area contributed by atoms with Crippen molar-refractivity contribution in [3.8, 4) is 0 Å². The highest BCUT2D eigenvalue weighted by atomic mass is 16.3. The molecule has 0 aliphatic rings. The lowest BCUT2D eigenvalue weighted by molar-refractivity contribution is 0.258. The van der Waals surface area contributed by atoms with Crippen molar-refractivity contribution in [1.82, 2.24) is 9.97 Å². The Hall–Kier alpha value is -1.36.